The number of hydrogen-bond donors (Lipinski definition) is 1. The van der Waals surface area contributed by atoms with Crippen LogP contribution in [0.2, 0.25) is 0 Å². The van der Waals surface area contributed by atoms with Gasteiger partial charge in [0.15, 0.2) is 0 Å². The molecule has 3 aromatic rings. The molecule has 3 rings (SSSR count). The van der Waals surface area contributed by atoms with E-state index in [2.05, 4.69) is 35.6 Å². The number of methoxy groups -OCH3 is 1. The quantitative estimate of drug-likeness (QED) is 0.201. The Morgan fingerprint density at radius 1 is 0.806 bits per heavy atom. The molecule has 190 valence electrons. The first-order chi connectivity index (χ1) is 17.6. The molecule has 0 fully saturated rings. The van der Waals surface area contributed by atoms with Crippen LogP contribution in [-0.2, 0) is 28.8 Å². The van der Waals surface area contributed by atoms with E-state index in [1.807, 2.05) is 43.3 Å². The van der Waals surface area contributed by atoms with E-state index in [4.69, 9.17) is 9.47 Å². The van der Waals surface area contributed by atoms with Crippen LogP contribution in [0.4, 0.5) is 5.69 Å². The smallest absolute Gasteiger partial charge is 0.338 e. The summed E-state index contributed by atoms with van der Waals surface area (Å²) >= 11 is 0. The molecule has 0 heterocycles. The number of hydrogen-bond acceptors (Lipinski definition) is 4. The summed E-state index contributed by atoms with van der Waals surface area (Å²) in [6, 6.07) is 23.9. The van der Waals surface area contributed by atoms with Crippen molar-refractivity contribution in [2.45, 2.75) is 58.3 Å². The van der Waals surface area contributed by atoms with Gasteiger partial charge >= 0.3 is 5.97 Å². The molecule has 0 atom stereocenters. The van der Waals surface area contributed by atoms with Crippen LogP contribution >= 0.6 is 0 Å². The molecule has 0 aliphatic carbocycles. The second kappa shape index (κ2) is 14.7. The monoisotopic (exact) mass is 487 g/mol. The summed E-state index contributed by atoms with van der Waals surface area (Å²) in [4.78, 5) is 24.4. The predicted molar refractivity (Wildman–Crippen MR) is 145 cm³/mol. The van der Waals surface area contributed by atoms with E-state index in [-0.39, 0.29) is 5.91 Å². The van der Waals surface area contributed by atoms with Crippen LogP contribution < -0.4 is 10.1 Å². The number of aryl methyl sites for hydroxylation is 3. The van der Waals surface area contributed by atoms with Gasteiger partial charge in [0.25, 0.3) is 0 Å². The van der Waals surface area contributed by atoms with E-state index in [0.717, 1.165) is 36.3 Å². The molecule has 0 aromatic heterocycles. The fourth-order valence-corrected chi connectivity index (χ4v) is 4.12. The van der Waals surface area contributed by atoms with Gasteiger partial charge in [-0.15, -0.1) is 0 Å². The molecule has 1 N–H and O–H groups in total. The highest BCUT2D eigenvalue weighted by Gasteiger charge is 2.13. The Morgan fingerprint density at radius 2 is 1.53 bits per heavy atom. The number of unbranched alkanes of at least 4 members (excludes halogenated alkanes) is 3. The Balaban J connectivity index is 1.33. The first-order valence-corrected chi connectivity index (χ1v) is 12.9. The molecule has 0 saturated carbocycles. The molecular weight excluding hydrogens is 450 g/mol. The zero-order valence-corrected chi connectivity index (χ0v) is 21.4. The molecule has 3 aromatic carbocycles. The van der Waals surface area contributed by atoms with Crippen molar-refractivity contribution >= 4 is 17.6 Å². The maximum Gasteiger partial charge on any atom is 0.338 e. The van der Waals surface area contributed by atoms with Gasteiger partial charge in [0, 0.05) is 12.1 Å². The standard InChI is InChI=1S/C31H37NO4/c1-3-26-17-18-27(23-29(26)31(34)35-2)32-30(33)21-16-25-14-19-28(20-15-25)36-22-10-5-4-7-11-24-12-8-6-9-13-24/h6,8-9,12-15,17-20,23H,3-5,7,10-11,16,21-22H2,1-2H3,(H,32,33). The van der Waals surface area contributed by atoms with E-state index in [1.165, 1.54) is 31.9 Å². The third-order valence-electron chi connectivity index (χ3n) is 6.22. The Labute approximate surface area is 214 Å². The summed E-state index contributed by atoms with van der Waals surface area (Å²) in [5.74, 6) is 0.370. The number of nitrogens with one attached hydrogen (secondary N) is 1. The van der Waals surface area contributed by atoms with Crippen LogP contribution in [0.1, 0.15) is 66.1 Å². The van der Waals surface area contributed by atoms with Gasteiger partial charge in [-0.25, -0.2) is 4.79 Å². The average molecular weight is 488 g/mol. The van der Waals surface area contributed by atoms with E-state index in [1.54, 1.807) is 6.07 Å². The highest BCUT2D eigenvalue weighted by atomic mass is 16.5. The van der Waals surface area contributed by atoms with Gasteiger partial charge in [-0.05, 0) is 73.1 Å². The number of carbonyl (C=O) groups excluding carboxylic acids is 2. The Hall–Kier alpha value is -3.60. The van der Waals surface area contributed by atoms with Crippen LogP contribution in [0.5, 0.6) is 5.75 Å². The summed E-state index contributed by atoms with van der Waals surface area (Å²) in [7, 11) is 1.36. The molecule has 0 radical (unpaired) electrons. The van der Waals surface area contributed by atoms with Crippen molar-refractivity contribution < 1.29 is 19.1 Å². The second-order valence-electron chi connectivity index (χ2n) is 8.91. The Kier molecular flexibility index (Phi) is 11.0. The van der Waals surface area contributed by atoms with Gasteiger partial charge < -0.3 is 14.8 Å². The summed E-state index contributed by atoms with van der Waals surface area (Å²) in [6.07, 6.45) is 7.48. The number of ether oxygens (including phenoxy) is 2. The lowest BCUT2D eigenvalue weighted by Gasteiger charge is -2.11. The molecular formula is C31H37NO4. The van der Waals surface area contributed by atoms with Crippen molar-refractivity contribution in [2.75, 3.05) is 19.0 Å². The lowest BCUT2D eigenvalue weighted by Crippen LogP contribution is -2.14. The largest absolute Gasteiger partial charge is 0.494 e. The minimum absolute atomic E-state index is 0.0948. The van der Waals surface area contributed by atoms with Crippen molar-refractivity contribution in [2.24, 2.45) is 0 Å². The van der Waals surface area contributed by atoms with Crippen LogP contribution in [-0.4, -0.2) is 25.6 Å². The lowest BCUT2D eigenvalue weighted by molar-refractivity contribution is -0.116. The number of benzene rings is 3. The van der Waals surface area contributed by atoms with Crippen molar-refractivity contribution in [3.63, 3.8) is 0 Å². The van der Waals surface area contributed by atoms with Crippen LogP contribution in [0, 0.1) is 0 Å². The zero-order valence-electron chi connectivity index (χ0n) is 21.4. The summed E-state index contributed by atoms with van der Waals surface area (Å²) < 4.78 is 10.7. The van der Waals surface area contributed by atoms with Gasteiger partial charge in [-0.1, -0.05) is 68.3 Å². The molecule has 0 aliphatic heterocycles. The molecule has 5 heteroatoms. The van der Waals surface area contributed by atoms with E-state index < -0.39 is 5.97 Å². The Morgan fingerprint density at radius 3 is 2.25 bits per heavy atom. The fourth-order valence-electron chi connectivity index (χ4n) is 4.12. The van der Waals surface area contributed by atoms with Gasteiger partial charge in [0.1, 0.15) is 5.75 Å². The molecule has 0 saturated heterocycles. The Bertz CT molecular complexity index is 1090. The first kappa shape index (κ1) is 27.0. The fraction of sp³-hybridized carbons (Fsp3) is 0.355. The molecule has 36 heavy (non-hydrogen) atoms. The maximum atomic E-state index is 12.4. The van der Waals surface area contributed by atoms with E-state index in [9.17, 15) is 9.59 Å². The van der Waals surface area contributed by atoms with Gasteiger partial charge in [-0.2, -0.15) is 0 Å². The molecule has 0 unspecified atom stereocenters. The van der Waals surface area contributed by atoms with E-state index >= 15 is 0 Å². The first-order valence-electron chi connectivity index (χ1n) is 12.9. The van der Waals surface area contributed by atoms with Crippen LogP contribution in [0.15, 0.2) is 72.8 Å². The molecule has 0 spiro atoms. The average Bonchev–Trinajstić information content (AvgIpc) is 2.92. The summed E-state index contributed by atoms with van der Waals surface area (Å²) in [5.41, 5.74) is 4.46. The summed E-state index contributed by atoms with van der Waals surface area (Å²) in [6.45, 7) is 2.70. The number of rotatable bonds is 14. The molecule has 0 bridgehead atoms. The maximum absolute atomic E-state index is 12.4. The van der Waals surface area contributed by atoms with Crippen molar-refractivity contribution in [1.82, 2.24) is 0 Å². The minimum Gasteiger partial charge on any atom is -0.494 e. The van der Waals surface area contributed by atoms with Gasteiger partial charge in [-0.3, -0.25) is 4.79 Å². The topological polar surface area (TPSA) is 64.6 Å². The van der Waals surface area contributed by atoms with Crippen LogP contribution in [0.3, 0.4) is 0 Å². The SMILES string of the molecule is CCc1ccc(NC(=O)CCc2ccc(OCCCCCCc3ccccc3)cc2)cc1C(=O)OC. The number of esters is 1. The van der Waals surface area contributed by atoms with Gasteiger partial charge in [0.05, 0.1) is 19.3 Å². The number of amides is 1. The van der Waals surface area contributed by atoms with Crippen molar-refractivity contribution in [1.29, 1.82) is 0 Å². The second-order valence-corrected chi connectivity index (χ2v) is 8.91. The normalized spacial score (nSPS) is 10.6. The zero-order chi connectivity index (χ0) is 25.6. The van der Waals surface area contributed by atoms with Crippen LogP contribution in [0.25, 0.3) is 0 Å². The molecule has 5 nitrogen and oxygen atoms in total. The highest BCUT2D eigenvalue weighted by molar-refractivity contribution is 5.95. The highest BCUT2D eigenvalue weighted by Crippen LogP contribution is 2.19. The lowest BCUT2D eigenvalue weighted by atomic mass is 10.0. The third kappa shape index (κ3) is 8.88. The van der Waals surface area contributed by atoms with Gasteiger partial charge in [0.2, 0.25) is 5.91 Å². The third-order valence-corrected chi connectivity index (χ3v) is 6.22. The van der Waals surface area contributed by atoms with Crippen molar-refractivity contribution in [3.05, 3.63) is 95.1 Å². The van der Waals surface area contributed by atoms with E-state index in [0.29, 0.717) is 30.5 Å². The van der Waals surface area contributed by atoms with Crippen molar-refractivity contribution in [3.8, 4) is 5.75 Å². The predicted octanol–water partition coefficient (Wildman–Crippen LogP) is 6.79. The number of anilines is 1. The summed E-state index contributed by atoms with van der Waals surface area (Å²) in [5, 5.41) is 2.88. The minimum atomic E-state index is -0.395. The molecule has 0 aliphatic rings. The molecule has 1 amide bonds. The number of carbonyl (C=O) groups is 2.